The van der Waals surface area contributed by atoms with E-state index in [0.29, 0.717) is 0 Å². The molecule has 0 spiro atoms. The van der Waals surface area contributed by atoms with Gasteiger partial charge in [0.2, 0.25) is 0 Å². The summed E-state index contributed by atoms with van der Waals surface area (Å²) in [6.45, 7) is 7.54. The smallest absolute Gasteiger partial charge is 0.160 e. The molecule has 34 heavy (non-hydrogen) atoms. The summed E-state index contributed by atoms with van der Waals surface area (Å²) >= 11 is 0. The molecular formula is C29H35N3O2. The van der Waals surface area contributed by atoms with E-state index in [1.54, 1.807) is 14.2 Å². The monoisotopic (exact) mass is 457 g/mol. The van der Waals surface area contributed by atoms with Crippen LogP contribution in [0.4, 0.5) is 5.82 Å². The topological polar surface area (TPSA) is 47.8 Å². The fourth-order valence-corrected chi connectivity index (χ4v) is 4.20. The van der Waals surface area contributed by atoms with Crippen molar-refractivity contribution in [1.82, 2.24) is 9.38 Å². The molecule has 4 aromatic rings. The van der Waals surface area contributed by atoms with Crippen molar-refractivity contribution >= 4 is 11.5 Å². The number of benzene rings is 2. The van der Waals surface area contributed by atoms with Crippen molar-refractivity contribution in [3.8, 4) is 11.5 Å². The number of anilines is 1. The Labute approximate surface area is 202 Å². The maximum atomic E-state index is 5.45. The number of nitrogens with zero attached hydrogens (tertiary/aromatic N) is 2. The van der Waals surface area contributed by atoms with E-state index in [1.165, 1.54) is 16.7 Å². The van der Waals surface area contributed by atoms with Gasteiger partial charge < -0.3 is 14.8 Å². The highest BCUT2D eigenvalue weighted by Gasteiger charge is 2.14. The first kappa shape index (κ1) is 23.7. The highest BCUT2D eigenvalue weighted by Crippen LogP contribution is 2.28. The Balaban J connectivity index is 1.47. The van der Waals surface area contributed by atoms with Crippen LogP contribution in [-0.4, -0.2) is 30.1 Å². The summed E-state index contributed by atoms with van der Waals surface area (Å²) in [5.41, 5.74) is 6.13. The van der Waals surface area contributed by atoms with Gasteiger partial charge in [-0.15, -0.1) is 0 Å². The lowest BCUT2D eigenvalue weighted by Gasteiger charge is -2.19. The van der Waals surface area contributed by atoms with Crippen molar-refractivity contribution in [3.63, 3.8) is 0 Å². The minimum absolute atomic E-state index is 0.172. The molecule has 1 N–H and O–H groups in total. The average molecular weight is 458 g/mol. The van der Waals surface area contributed by atoms with E-state index in [4.69, 9.17) is 14.5 Å². The van der Waals surface area contributed by atoms with Gasteiger partial charge in [-0.05, 0) is 65.6 Å². The van der Waals surface area contributed by atoms with Gasteiger partial charge in [0.25, 0.3) is 0 Å². The second-order valence-electron chi connectivity index (χ2n) is 9.65. The van der Waals surface area contributed by atoms with Gasteiger partial charge in [0.1, 0.15) is 11.5 Å². The number of fused-ring (bicyclic) bond motifs is 1. The van der Waals surface area contributed by atoms with Gasteiger partial charge in [-0.2, -0.15) is 0 Å². The van der Waals surface area contributed by atoms with Gasteiger partial charge in [0.15, 0.2) is 11.5 Å². The lowest BCUT2D eigenvalue weighted by molar-refractivity contribution is 0.354. The second-order valence-corrected chi connectivity index (χ2v) is 9.65. The van der Waals surface area contributed by atoms with Gasteiger partial charge >= 0.3 is 0 Å². The van der Waals surface area contributed by atoms with E-state index < -0.39 is 0 Å². The summed E-state index contributed by atoms with van der Waals surface area (Å²) in [5.74, 6) is 2.58. The lowest BCUT2D eigenvalue weighted by Crippen LogP contribution is -2.11. The second kappa shape index (κ2) is 10.2. The maximum Gasteiger partial charge on any atom is 0.160 e. The lowest BCUT2D eigenvalue weighted by atomic mass is 9.86. The van der Waals surface area contributed by atoms with E-state index in [2.05, 4.69) is 73.1 Å². The zero-order valence-electron chi connectivity index (χ0n) is 20.9. The molecule has 2 heterocycles. The first-order valence-electron chi connectivity index (χ1n) is 11.9. The van der Waals surface area contributed by atoms with Crippen molar-refractivity contribution in [2.45, 2.75) is 45.4 Å². The summed E-state index contributed by atoms with van der Waals surface area (Å²) in [5, 5.41) is 3.64. The van der Waals surface area contributed by atoms with Crippen LogP contribution in [0.2, 0.25) is 0 Å². The van der Waals surface area contributed by atoms with Crippen LogP contribution in [0, 0.1) is 0 Å². The molecule has 0 bridgehead atoms. The Kier molecular flexibility index (Phi) is 7.11. The molecule has 0 saturated carbocycles. The number of rotatable bonds is 9. The van der Waals surface area contributed by atoms with Crippen LogP contribution in [0.25, 0.3) is 5.65 Å². The minimum atomic E-state index is 0.172. The number of aryl methyl sites for hydroxylation is 2. The molecule has 0 radical (unpaired) electrons. The van der Waals surface area contributed by atoms with Gasteiger partial charge in [-0.3, -0.25) is 4.40 Å². The van der Waals surface area contributed by atoms with Crippen LogP contribution >= 0.6 is 0 Å². The summed E-state index contributed by atoms with van der Waals surface area (Å²) in [7, 11) is 3.32. The number of hydrogen-bond acceptors (Lipinski definition) is 4. The molecule has 0 aliphatic carbocycles. The zero-order chi connectivity index (χ0) is 24.1. The molecule has 4 rings (SSSR count). The number of ether oxygens (including phenoxy) is 2. The largest absolute Gasteiger partial charge is 0.493 e. The van der Waals surface area contributed by atoms with Crippen molar-refractivity contribution in [3.05, 3.63) is 89.2 Å². The van der Waals surface area contributed by atoms with E-state index in [1.807, 2.05) is 24.3 Å². The van der Waals surface area contributed by atoms with E-state index in [0.717, 1.165) is 54.5 Å². The minimum Gasteiger partial charge on any atom is -0.493 e. The average Bonchev–Trinajstić information content (AvgIpc) is 3.19. The van der Waals surface area contributed by atoms with Crippen LogP contribution in [0.1, 0.15) is 43.2 Å². The van der Waals surface area contributed by atoms with Crippen molar-refractivity contribution < 1.29 is 9.47 Å². The highest BCUT2D eigenvalue weighted by atomic mass is 16.5. The molecule has 0 fully saturated rings. The quantitative estimate of drug-likeness (QED) is 0.330. The molecule has 2 aromatic carbocycles. The first-order valence-corrected chi connectivity index (χ1v) is 11.9. The molecule has 0 aliphatic rings. The number of nitrogens with one attached hydrogen (secondary N) is 1. The summed E-state index contributed by atoms with van der Waals surface area (Å²) in [4.78, 5) is 4.92. The van der Waals surface area contributed by atoms with Gasteiger partial charge in [0.05, 0.1) is 19.9 Å². The number of hydrogen-bond donors (Lipinski definition) is 1. The fraction of sp³-hybridized carbons (Fsp3) is 0.345. The molecule has 0 aliphatic heterocycles. The Hall–Kier alpha value is -3.47. The van der Waals surface area contributed by atoms with Crippen molar-refractivity contribution in [2.75, 3.05) is 26.1 Å². The molecule has 0 amide bonds. The van der Waals surface area contributed by atoms with E-state index in [-0.39, 0.29) is 5.41 Å². The summed E-state index contributed by atoms with van der Waals surface area (Å²) in [6, 6.07) is 21.2. The molecule has 0 saturated heterocycles. The number of imidazole rings is 1. The number of methoxy groups -OCH3 is 2. The molecule has 0 unspecified atom stereocenters. The molecule has 178 valence electrons. The Bertz CT molecular complexity index is 1240. The van der Waals surface area contributed by atoms with Crippen LogP contribution in [0.15, 0.2) is 66.9 Å². The van der Waals surface area contributed by atoms with Gasteiger partial charge in [-0.25, -0.2) is 4.98 Å². The maximum absolute atomic E-state index is 5.45. The highest BCUT2D eigenvalue weighted by molar-refractivity contribution is 5.55. The number of pyridine rings is 1. The van der Waals surface area contributed by atoms with Gasteiger partial charge in [0, 0.05) is 12.7 Å². The first-order chi connectivity index (χ1) is 16.4. The Morgan fingerprint density at radius 3 is 2.26 bits per heavy atom. The molecule has 5 heteroatoms. The van der Waals surface area contributed by atoms with Crippen molar-refractivity contribution in [2.24, 2.45) is 0 Å². The summed E-state index contributed by atoms with van der Waals surface area (Å²) in [6.07, 6.45) is 4.78. The Morgan fingerprint density at radius 1 is 0.824 bits per heavy atom. The Morgan fingerprint density at radius 2 is 1.56 bits per heavy atom. The van der Waals surface area contributed by atoms with Crippen LogP contribution < -0.4 is 14.8 Å². The third-order valence-electron chi connectivity index (χ3n) is 6.23. The van der Waals surface area contributed by atoms with E-state index in [9.17, 15) is 0 Å². The normalized spacial score (nSPS) is 11.6. The predicted octanol–water partition coefficient (Wildman–Crippen LogP) is 6.09. The third-order valence-corrected chi connectivity index (χ3v) is 6.23. The molecule has 2 aromatic heterocycles. The standard InChI is InChI=1S/C29H35N3O2/c1-29(2,3)23-13-9-21(10-14-23)11-15-24-28(32-19-7-6-8-27(32)31-24)30-18-17-22-12-16-25(33-4)26(20-22)34-5/h6-10,12-14,16,19-20,30H,11,15,17-18H2,1-5H3. The fourth-order valence-electron chi connectivity index (χ4n) is 4.20. The zero-order valence-corrected chi connectivity index (χ0v) is 20.9. The molecule has 5 nitrogen and oxygen atoms in total. The predicted molar refractivity (Wildman–Crippen MR) is 139 cm³/mol. The van der Waals surface area contributed by atoms with Crippen LogP contribution in [0.5, 0.6) is 11.5 Å². The molecular weight excluding hydrogens is 422 g/mol. The van der Waals surface area contributed by atoms with E-state index >= 15 is 0 Å². The summed E-state index contributed by atoms with van der Waals surface area (Å²) < 4.78 is 12.9. The number of aromatic nitrogens is 2. The van der Waals surface area contributed by atoms with Crippen LogP contribution in [-0.2, 0) is 24.7 Å². The third kappa shape index (κ3) is 5.36. The van der Waals surface area contributed by atoms with Crippen molar-refractivity contribution in [1.29, 1.82) is 0 Å². The van der Waals surface area contributed by atoms with Crippen LogP contribution in [0.3, 0.4) is 0 Å². The van der Waals surface area contributed by atoms with Gasteiger partial charge in [-0.1, -0.05) is 57.2 Å². The SMILES string of the molecule is COc1ccc(CCNc2c(CCc3ccc(C(C)(C)C)cc3)nc3ccccn23)cc1OC. The molecule has 0 atom stereocenters.